The van der Waals surface area contributed by atoms with E-state index in [4.69, 9.17) is 4.74 Å². The average molecular weight is 491 g/mol. The van der Waals surface area contributed by atoms with E-state index in [2.05, 4.69) is 52.9 Å². The molecule has 0 spiro atoms. The summed E-state index contributed by atoms with van der Waals surface area (Å²) in [5, 5.41) is 17.3. The normalized spacial score (nSPS) is 20.8. The first-order valence-electron chi connectivity index (χ1n) is 9.20. The maximum atomic E-state index is 10.6. The second-order valence-corrected chi connectivity index (χ2v) is 8.53. The summed E-state index contributed by atoms with van der Waals surface area (Å²) in [6.45, 7) is 5.42. The number of hydrogen-bond acceptors (Lipinski definition) is 4. The Balaban J connectivity index is 0.00000243. The van der Waals surface area contributed by atoms with Gasteiger partial charge >= 0.3 is 0 Å². The minimum Gasteiger partial charge on any atom is -0.388 e. The molecule has 26 heavy (non-hydrogen) atoms. The number of guanidine groups is 1. The van der Waals surface area contributed by atoms with Crippen molar-refractivity contribution in [2.75, 3.05) is 32.8 Å². The highest BCUT2D eigenvalue weighted by molar-refractivity contribution is 14.0. The van der Waals surface area contributed by atoms with Gasteiger partial charge in [0, 0.05) is 48.8 Å². The van der Waals surface area contributed by atoms with Crippen LogP contribution in [0.3, 0.4) is 0 Å². The molecule has 0 unspecified atom stereocenters. The van der Waals surface area contributed by atoms with Crippen LogP contribution in [0.1, 0.15) is 32.6 Å². The van der Waals surface area contributed by atoms with Gasteiger partial charge in [-0.3, -0.25) is 4.99 Å². The van der Waals surface area contributed by atoms with Crippen LogP contribution in [0.5, 0.6) is 0 Å². The molecule has 0 amide bonds. The Bertz CT molecular complexity index is 575. The van der Waals surface area contributed by atoms with Crippen molar-refractivity contribution in [1.29, 1.82) is 0 Å². The van der Waals surface area contributed by atoms with Gasteiger partial charge in [-0.2, -0.15) is 0 Å². The molecule has 1 aliphatic heterocycles. The molecule has 2 fully saturated rings. The molecule has 1 aliphatic carbocycles. The minimum atomic E-state index is -0.726. The summed E-state index contributed by atoms with van der Waals surface area (Å²) < 4.78 is 5.60. The lowest BCUT2D eigenvalue weighted by atomic mass is 9.95. The van der Waals surface area contributed by atoms with Gasteiger partial charge in [-0.1, -0.05) is 18.2 Å². The lowest BCUT2D eigenvalue weighted by Gasteiger charge is -2.30. The Morgan fingerprint density at radius 3 is 2.46 bits per heavy atom. The molecule has 1 aromatic carbocycles. The fourth-order valence-electron chi connectivity index (χ4n) is 2.92. The van der Waals surface area contributed by atoms with E-state index in [0.717, 1.165) is 19.0 Å². The molecule has 1 heterocycles. The van der Waals surface area contributed by atoms with Gasteiger partial charge in [0.1, 0.15) is 0 Å². The second-order valence-electron chi connectivity index (χ2n) is 6.98. The van der Waals surface area contributed by atoms with Gasteiger partial charge in [0.15, 0.2) is 5.96 Å². The number of aliphatic hydroxyl groups is 1. The number of ether oxygens (including phenoxy) is 1. The molecule has 146 valence electrons. The van der Waals surface area contributed by atoms with E-state index in [1.54, 1.807) is 0 Å². The zero-order valence-electron chi connectivity index (χ0n) is 15.4. The van der Waals surface area contributed by atoms with Gasteiger partial charge in [0.05, 0.1) is 12.1 Å². The van der Waals surface area contributed by atoms with Crippen molar-refractivity contribution in [1.82, 2.24) is 10.6 Å². The Kier molecular flexibility index (Phi) is 8.50. The van der Waals surface area contributed by atoms with Crippen LogP contribution in [0.25, 0.3) is 0 Å². The van der Waals surface area contributed by atoms with Crippen LogP contribution in [0.15, 0.2) is 40.2 Å². The fourth-order valence-corrected chi connectivity index (χ4v) is 4.16. The number of thioether (sulfide) groups is 1. The fraction of sp³-hybridized carbons (Fsp3) is 0.632. The van der Waals surface area contributed by atoms with Gasteiger partial charge in [-0.15, -0.1) is 35.7 Å². The first-order chi connectivity index (χ1) is 12.1. The zero-order chi connectivity index (χ0) is 17.6. The van der Waals surface area contributed by atoms with E-state index in [1.807, 2.05) is 11.8 Å². The SMILES string of the molecule is CCNC(=NCC1(O)CCOCC1)NCC1(Sc2ccccc2)CC1.I. The van der Waals surface area contributed by atoms with Crippen LogP contribution in [-0.2, 0) is 4.74 Å². The number of halogens is 1. The Morgan fingerprint density at radius 2 is 1.85 bits per heavy atom. The van der Waals surface area contributed by atoms with E-state index >= 15 is 0 Å². The van der Waals surface area contributed by atoms with Crippen molar-refractivity contribution >= 4 is 41.7 Å². The van der Waals surface area contributed by atoms with Crippen molar-refractivity contribution in [2.24, 2.45) is 4.99 Å². The van der Waals surface area contributed by atoms with E-state index < -0.39 is 5.60 Å². The first kappa shape index (κ1) is 21.8. The number of nitrogens with one attached hydrogen (secondary N) is 2. The van der Waals surface area contributed by atoms with E-state index in [1.165, 1.54) is 17.7 Å². The maximum absolute atomic E-state index is 10.6. The molecule has 3 rings (SSSR count). The predicted octanol–water partition coefficient (Wildman–Crippen LogP) is 3.03. The third kappa shape index (κ3) is 6.58. The Labute approximate surface area is 177 Å². The van der Waals surface area contributed by atoms with E-state index in [-0.39, 0.29) is 28.7 Å². The van der Waals surface area contributed by atoms with E-state index in [9.17, 15) is 5.11 Å². The zero-order valence-corrected chi connectivity index (χ0v) is 18.5. The molecular weight excluding hydrogens is 461 g/mol. The van der Waals surface area contributed by atoms with Crippen molar-refractivity contribution < 1.29 is 9.84 Å². The van der Waals surface area contributed by atoms with Crippen LogP contribution >= 0.6 is 35.7 Å². The minimum absolute atomic E-state index is 0. The van der Waals surface area contributed by atoms with Crippen LogP contribution in [0.4, 0.5) is 0 Å². The van der Waals surface area contributed by atoms with Crippen molar-refractivity contribution in [3.8, 4) is 0 Å². The maximum Gasteiger partial charge on any atom is 0.191 e. The molecular formula is C19H30IN3O2S. The van der Waals surface area contributed by atoms with Crippen LogP contribution in [-0.4, -0.2) is 54.3 Å². The lowest BCUT2D eigenvalue weighted by Crippen LogP contribution is -2.44. The summed E-state index contributed by atoms with van der Waals surface area (Å²) in [4.78, 5) is 5.95. The molecule has 0 bridgehead atoms. The molecule has 0 atom stereocenters. The molecule has 7 heteroatoms. The summed E-state index contributed by atoms with van der Waals surface area (Å²) in [6.07, 6.45) is 3.76. The monoisotopic (exact) mass is 491 g/mol. The number of benzene rings is 1. The highest BCUT2D eigenvalue weighted by atomic mass is 127. The topological polar surface area (TPSA) is 65.9 Å². The molecule has 1 aromatic rings. The summed E-state index contributed by atoms with van der Waals surface area (Å²) >= 11 is 1.95. The van der Waals surface area contributed by atoms with Gasteiger partial charge in [0.25, 0.3) is 0 Å². The number of aliphatic imine (C=N–C) groups is 1. The third-order valence-electron chi connectivity index (χ3n) is 4.76. The summed E-state index contributed by atoms with van der Waals surface area (Å²) in [6, 6.07) is 10.6. The van der Waals surface area contributed by atoms with Gasteiger partial charge in [0.2, 0.25) is 0 Å². The molecule has 0 aromatic heterocycles. The third-order valence-corrected chi connectivity index (χ3v) is 6.26. The largest absolute Gasteiger partial charge is 0.388 e. The van der Waals surface area contributed by atoms with Crippen LogP contribution < -0.4 is 10.6 Å². The van der Waals surface area contributed by atoms with Crippen molar-refractivity contribution in [3.63, 3.8) is 0 Å². The number of rotatable bonds is 7. The number of hydrogen-bond donors (Lipinski definition) is 3. The summed E-state index contributed by atoms with van der Waals surface area (Å²) in [7, 11) is 0. The molecule has 5 nitrogen and oxygen atoms in total. The lowest BCUT2D eigenvalue weighted by molar-refractivity contribution is -0.0565. The predicted molar refractivity (Wildman–Crippen MR) is 119 cm³/mol. The summed E-state index contributed by atoms with van der Waals surface area (Å²) in [5.74, 6) is 0.794. The van der Waals surface area contributed by atoms with Gasteiger partial charge in [-0.25, -0.2) is 0 Å². The highest BCUT2D eigenvalue weighted by Gasteiger charge is 2.43. The van der Waals surface area contributed by atoms with Gasteiger partial charge < -0.3 is 20.5 Å². The molecule has 1 saturated heterocycles. The van der Waals surface area contributed by atoms with E-state index in [0.29, 0.717) is 32.6 Å². The van der Waals surface area contributed by atoms with Gasteiger partial charge in [-0.05, 0) is 31.9 Å². The Morgan fingerprint density at radius 1 is 1.15 bits per heavy atom. The molecule has 1 saturated carbocycles. The Hall–Kier alpha value is -0.510. The van der Waals surface area contributed by atoms with Crippen molar-refractivity contribution in [2.45, 2.75) is 47.9 Å². The van der Waals surface area contributed by atoms with Crippen LogP contribution in [0.2, 0.25) is 0 Å². The van der Waals surface area contributed by atoms with Crippen molar-refractivity contribution in [3.05, 3.63) is 30.3 Å². The smallest absolute Gasteiger partial charge is 0.191 e. The second kappa shape index (κ2) is 10.1. The average Bonchev–Trinajstić information content (AvgIpc) is 3.39. The highest BCUT2D eigenvalue weighted by Crippen LogP contribution is 2.51. The van der Waals surface area contributed by atoms with Crippen LogP contribution in [0, 0.1) is 0 Å². The molecule has 3 N–H and O–H groups in total. The summed E-state index contributed by atoms with van der Waals surface area (Å²) in [5.41, 5.74) is -0.726. The quantitative estimate of drug-likeness (QED) is 0.311. The molecule has 2 aliphatic rings. The number of nitrogens with zero attached hydrogens (tertiary/aromatic N) is 1. The molecule has 0 radical (unpaired) electrons. The standard InChI is InChI=1S/C19H29N3O2S.HI/c1-2-20-17(21-14-18(23)10-12-24-13-11-18)22-15-19(8-9-19)25-16-6-4-3-5-7-16;/h3-7,23H,2,8-15H2,1H3,(H2,20,21,22);1H. The first-order valence-corrected chi connectivity index (χ1v) is 10.0.